The van der Waals surface area contributed by atoms with E-state index in [1.54, 1.807) is 0 Å². The molecule has 0 bridgehead atoms. The number of aromatic nitrogens is 1. The normalized spacial score (nSPS) is 16.3. The number of rotatable bonds is 4. The summed E-state index contributed by atoms with van der Waals surface area (Å²) < 4.78 is 8.05. The lowest BCUT2D eigenvalue weighted by Crippen LogP contribution is -2.48. The Labute approximate surface area is 137 Å². The first-order chi connectivity index (χ1) is 11.1. The van der Waals surface area contributed by atoms with Gasteiger partial charge in [0.15, 0.2) is 6.61 Å². The van der Waals surface area contributed by atoms with E-state index in [1.807, 2.05) is 17.0 Å². The highest BCUT2D eigenvalue weighted by Crippen LogP contribution is 2.28. The summed E-state index contributed by atoms with van der Waals surface area (Å²) in [6, 6.07) is 8.46. The minimum absolute atomic E-state index is 0.0680. The lowest BCUT2D eigenvalue weighted by Gasteiger charge is -2.32. The van der Waals surface area contributed by atoms with Gasteiger partial charge >= 0.3 is 0 Å². The van der Waals surface area contributed by atoms with Gasteiger partial charge in [0, 0.05) is 43.8 Å². The average molecular weight is 315 g/mol. The van der Waals surface area contributed by atoms with Gasteiger partial charge in [-0.05, 0) is 39.1 Å². The number of carbonyl (C=O) groups is 1. The maximum absolute atomic E-state index is 12.3. The van der Waals surface area contributed by atoms with E-state index in [2.05, 4.69) is 48.7 Å². The molecule has 1 saturated heterocycles. The smallest absolute Gasteiger partial charge is 0.260 e. The van der Waals surface area contributed by atoms with Crippen molar-refractivity contribution in [1.82, 2.24) is 14.4 Å². The largest absolute Gasteiger partial charge is 0.483 e. The highest BCUT2D eigenvalue weighted by molar-refractivity contribution is 5.87. The first-order valence-corrected chi connectivity index (χ1v) is 8.25. The average Bonchev–Trinajstić information content (AvgIpc) is 2.98. The molecule has 5 nitrogen and oxygen atoms in total. The van der Waals surface area contributed by atoms with Crippen molar-refractivity contribution >= 4 is 16.8 Å². The van der Waals surface area contributed by atoms with Crippen molar-refractivity contribution in [1.29, 1.82) is 0 Å². The fraction of sp³-hybridized carbons (Fsp3) is 0.500. The minimum Gasteiger partial charge on any atom is -0.483 e. The summed E-state index contributed by atoms with van der Waals surface area (Å²) in [4.78, 5) is 16.4. The Morgan fingerprint density at radius 2 is 1.91 bits per heavy atom. The third kappa shape index (κ3) is 3.34. The third-order valence-corrected chi connectivity index (χ3v) is 4.49. The SMILES string of the molecule is CC(C)n1ccc2c(OCC(=O)N3CCN(C)CC3)cccc21. The summed E-state index contributed by atoms with van der Waals surface area (Å²) >= 11 is 0. The number of nitrogens with zero attached hydrogens (tertiary/aromatic N) is 3. The van der Waals surface area contributed by atoms with E-state index >= 15 is 0 Å². The van der Waals surface area contributed by atoms with Crippen molar-refractivity contribution in [3.63, 3.8) is 0 Å². The molecule has 5 heteroatoms. The second kappa shape index (κ2) is 6.62. The van der Waals surface area contributed by atoms with E-state index < -0.39 is 0 Å². The lowest BCUT2D eigenvalue weighted by molar-refractivity contribution is -0.134. The van der Waals surface area contributed by atoms with E-state index in [4.69, 9.17) is 4.74 Å². The molecular formula is C18H25N3O2. The molecule has 0 aliphatic carbocycles. The van der Waals surface area contributed by atoms with Crippen molar-refractivity contribution in [3.05, 3.63) is 30.5 Å². The van der Waals surface area contributed by atoms with Crippen LogP contribution < -0.4 is 4.74 Å². The quantitative estimate of drug-likeness (QED) is 0.869. The zero-order valence-electron chi connectivity index (χ0n) is 14.2. The molecule has 1 aromatic heterocycles. The molecular weight excluding hydrogens is 290 g/mol. The number of fused-ring (bicyclic) bond motifs is 1. The van der Waals surface area contributed by atoms with Gasteiger partial charge in [-0.1, -0.05) is 6.07 Å². The van der Waals surface area contributed by atoms with E-state index in [-0.39, 0.29) is 12.5 Å². The van der Waals surface area contributed by atoms with Gasteiger partial charge in [0.25, 0.3) is 5.91 Å². The monoisotopic (exact) mass is 315 g/mol. The summed E-state index contributed by atoms with van der Waals surface area (Å²) in [7, 11) is 2.08. The number of hydrogen-bond acceptors (Lipinski definition) is 3. The van der Waals surface area contributed by atoms with Gasteiger partial charge < -0.3 is 19.1 Å². The minimum atomic E-state index is 0.0680. The number of benzene rings is 1. The zero-order valence-corrected chi connectivity index (χ0v) is 14.2. The first kappa shape index (κ1) is 15.9. The van der Waals surface area contributed by atoms with Gasteiger partial charge in [-0.2, -0.15) is 0 Å². The molecule has 0 unspecified atom stereocenters. The molecule has 124 valence electrons. The predicted octanol–water partition coefficient (Wildman–Crippen LogP) is 2.38. The van der Waals surface area contributed by atoms with Crippen molar-refractivity contribution in [2.24, 2.45) is 0 Å². The lowest BCUT2D eigenvalue weighted by atomic mass is 10.2. The summed E-state index contributed by atoms with van der Waals surface area (Å²) in [6.07, 6.45) is 2.07. The van der Waals surface area contributed by atoms with Crippen molar-refractivity contribution in [2.75, 3.05) is 39.8 Å². The van der Waals surface area contributed by atoms with E-state index in [1.165, 1.54) is 0 Å². The second-order valence-corrected chi connectivity index (χ2v) is 6.48. The molecule has 2 aromatic rings. The summed E-state index contributed by atoms with van der Waals surface area (Å²) in [5.74, 6) is 0.850. The Bertz CT molecular complexity index is 685. The second-order valence-electron chi connectivity index (χ2n) is 6.48. The Hall–Kier alpha value is -2.01. The molecule has 1 aromatic carbocycles. The molecule has 0 radical (unpaired) electrons. The Morgan fingerprint density at radius 3 is 2.61 bits per heavy atom. The van der Waals surface area contributed by atoms with Crippen LogP contribution in [0.25, 0.3) is 10.9 Å². The molecule has 1 fully saturated rings. The van der Waals surface area contributed by atoms with Crippen LogP contribution in [0.2, 0.25) is 0 Å². The maximum atomic E-state index is 12.3. The van der Waals surface area contributed by atoms with Crippen LogP contribution in [-0.2, 0) is 4.79 Å². The predicted molar refractivity (Wildman–Crippen MR) is 91.9 cm³/mol. The van der Waals surface area contributed by atoms with Crippen LogP contribution in [0.3, 0.4) is 0 Å². The first-order valence-electron chi connectivity index (χ1n) is 8.25. The van der Waals surface area contributed by atoms with E-state index in [0.29, 0.717) is 6.04 Å². The van der Waals surface area contributed by atoms with Crippen LogP contribution >= 0.6 is 0 Å². The summed E-state index contributed by atoms with van der Waals surface area (Å²) in [6.45, 7) is 7.85. The van der Waals surface area contributed by atoms with Crippen molar-refractivity contribution in [3.8, 4) is 5.75 Å². The zero-order chi connectivity index (χ0) is 16.4. The number of ether oxygens (including phenoxy) is 1. The van der Waals surface area contributed by atoms with Crippen LogP contribution in [0.4, 0.5) is 0 Å². The molecule has 0 spiro atoms. The Kier molecular flexibility index (Phi) is 4.57. The van der Waals surface area contributed by atoms with Crippen LogP contribution in [-0.4, -0.2) is 60.1 Å². The molecule has 0 atom stereocenters. The third-order valence-electron chi connectivity index (χ3n) is 4.49. The molecule has 2 heterocycles. The molecule has 0 N–H and O–H groups in total. The molecule has 0 saturated carbocycles. The number of likely N-dealkylation sites (N-methyl/N-ethyl adjacent to an activating group) is 1. The summed E-state index contributed by atoms with van der Waals surface area (Å²) in [5.41, 5.74) is 1.14. The van der Waals surface area contributed by atoms with Gasteiger partial charge in [-0.25, -0.2) is 0 Å². The molecule has 1 amide bonds. The van der Waals surface area contributed by atoms with Crippen LogP contribution in [0.15, 0.2) is 30.5 Å². The molecule has 1 aliphatic rings. The highest BCUT2D eigenvalue weighted by Gasteiger charge is 2.19. The van der Waals surface area contributed by atoms with Crippen LogP contribution in [0, 0.1) is 0 Å². The number of hydrogen-bond donors (Lipinski definition) is 0. The fourth-order valence-electron chi connectivity index (χ4n) is 3.02. The Morgan fingerprint density at radius 1 is 1.17 bits per heavy atom. The maximum Gasteiger partial charge on any atom is 0.260 e. The van der Waals surface area contributed by atoms with Crippen molar-refractivity contribution in [2.45, 2.75) is 19.9 Å². The number of amides is 1. The van der Waals surface area contributed by atoms with E-state index in [0.717, 1.165) is 42.8 Å². The Balaban J connectivity index is 1.69. The van der Waals surface area contributed by atoms with Gasteiger partial charge in [-0.3, -0.25) is 4.79 Å². The van der Waals surface area contributed by atoms with Gasteiger partial charge in [-0.15, -0.1) is 0 Å². The fourth-order valence-corrected chi connectivity index (χ4v) is 3.02. The highest BCUT2D eigenvalue weighted by atomic mass is 16.5. The molecule has 1 aliphatic heterocycles. The number of piperazine rings is 1. The van der Waals surface area contributed by atoms with Gasteiger partial charge in [0.1, 0.15) is 5.75 Å². The standard InChI is InChI=1S/C18H25N3O2/c1-14(2)21-8-7-15-16(21)5-4-6-17(15)23-13-18(22)20-11-9-19(3)10-12-20/h4-8,14H,9-13H2,1-3H3. The topological polar surface area (TPSA) is 37.7 Å². The van der Waals surface area contributed by atoms with E-state index in [9.17, 15) is 4.79 Å². The van der Waals surface area contributed by atoms with Gasteiger partial charge in [0.05, 0.1) is 5.52 Å². The van der Waals surface area contributed by atoms with Crippen molar-refractivity contribution < 1.29 is 9.53 Å². The molecule has 23 heavy (non-hydrogen) atoms. The molecule has 3 rings (SSSR count). The summed E-state index contributed by atoms with van der Waals surface area (Å²) in [5, 5.41) is 1.06. The van der Waals surface area contributed by atoms with Gasteiger partial charge in [0.2, 0.25) is 0 Å². The number of carbonyl (C=O) groups excluding carboxylic acids is 1. The van der Waals surface area contributed by atoms with Crippen LogP contribution in [0.1, 0.15) is 19.9 Å². The van der Waals surface area contributed by atoms with Crippen LogP contribution in [0.5, 0.6) is 5.75 Å².